The average molecular weight is 270 g/mol. The van der Waals surface area contributed by atoms with E-state index in [0.29, 0.717) is 12.3 Å². The molecular weight excluding hydrogens is 258 g/mol. The quantitative estimate of drug-likeness (QED) is 0.841. The summed E-state index contributed by atoms with van der Waals surface area (Å²) in [7, 11) is 0. The smallest absolute Gasteiger partial charge is 0.168 e. The Hall–Kier alpha value is -1.56. The van der Waals surface area contributed by atoms with Gasteiger partial charge in [0, 0.05) is 12.6 Å². The Kier molecular flexibility index (Phi) is 4.19. The van der Waals surface area contributed by atoms with Crippen LogP contribution in [-0.2, 0) is 5.75 Å². The molecule has 0 aliphatic rings. The minimum atomic E-state index is -0.684. The minimum absolute atomic E-state index is 0.0702. The van der Waals surface area contributed by atoms with E-state index in [-0.39, 0.29) is 10.8 Å². The molecule has 6 heteroatoms. The van der Waals surface area contributed by atoms with Gasteiger partial charge in [0.1, 0.15) is 10.8 Å². The molecule has 0 aromatic carbocycles. The second-order valence-corrected chi connectivity index (χ2v) is 4.47. The largest absolute Gasteiger partial charge is 0.468 e. The third-order valence-electron chi connectivity index (χ3n) is 2.17. The molecule has 2 aromatic heterocycles. The summed E-state index contributed by atoms with van der Waals surface area (Å²) in [6, 6.07) is 4.39. The van der Waals surface area contributed by atoms with Crippen LogP contribution < -0.4 is 5.32 Å². The lowest BCUT2D eigenvalue weighted by atomic mass is 10.4. The number of nitrogens with zero attached hydrogens (tertiary/aromatic N) is 1. The second-order valence-electron chi connectivity index (χ2n) is 3.50. The fourth-order valence-corrected chi connectivity index (χ4v) is 2.17. The van der Waals surface area contributed by atoms with Gasteiger partial charge in [-0.2, -0.15) is 0 Å². The zero-order valence-corrected chi connectivity index (χ0v) is 10.6. The topological polar surface area (TPSA) is 38.1 Å². The molecule has 18 heavy (non-hydrogen) atoms. The van der Waals surface area contributed by atoms with Gasteiger partial charge < -0.3 is 9.73 Å². The van der Waals surface area contributed by atoms with E-state index in [0.717, 1.165) is 11.8 Å². The molecule has 0 saturated carbocycles. The predicted octanol–water partition coefficient (Wildman–Crippen LogP) is 3.68. The maximum atomic E-state index is 13.5. The van der Waals surface area contributed by atoms with Gasteiger partial charge in [-0.25, -0.2) is 13.8 Å². The van der Waals surface area contributed by atoms with Crippen molar-refractivity contribution in [3.05, 3.63) is 41.9 Å². The Labute approximate surface area is 108 Å². The highest BCUT2D eigenvalue weighted by atomic mass is 32.2. The maximum absolute atomic E-state index is 13.5. The number of rotatable bonds is 5. The molecule has 1 N–H and O–H groups in total. The minimum Gasteiger partial charge on any atom is -0.468 e. The maximum Gasteiger partial charge on any atom is 0.168 e. The van der Waals surface area contributed by atoms with E-state index < -0.39 is 11.6 Å². The Bertz CT molecular complexity index is 517. The lowest BCUT2D eigenvalue weighted by Crippen LogP contribution is -2.04. The molecule has 0 aliphatic carbocycles. The third-order valence-corrected chi connectivity index (χ3v) is 3.16. The van der Waals surface area contributed by atoms with Crippen molar-refractivity contribution in [2.24, 2.45) is 0 Å². The fourth-order valence-electron chi connectivity index (χ4n) is 1.38. The Morgan fingerprint density at radius 3 is 2.89 bits per heavy atom. The number of hydrogen-bond donors (Lipinski definition) is 1. The summed E-state index contributed by atoms with van der Waals surface area (Å²) in [5, 5.41) is 2.90. The zero-order valence-electron chi connectivity index (χ0n) is 9.74. The summed E-state index contributed by atoms with van der Waals surface area (Å²) < 4.78 is 32.0. The van der Waals surface area contributed by atoms with Crippen LogP contribution in [0, 0.1) is 11.6 Å². The van der Waals surface area contributed by atoms with Crippen LogP contribution in [0.2, 0.25) is 0 Å². The van der Waals surface area contributed by atoms with Crippen LogP contribution in [0.3, 0.4) is 0 Å². The first-order chi connectivity index (χ1) is 8.70. The van der Waals surface area contributed by atoms with Crippen LogP contribution in [0.4, 0.5) is 14.6 Å². The summed E-state index contributed by atoms with van der Waals surface area (Å²) in [6.45, 7) is 2.35. The number of anilines is 1. The summed E-state index contributed by atoms with van der Waals surface area (Å²) in [4.78, 5) is 3.92. The van der Waals surface area contributed by atoms with Crippen molar-refractivity contribution in [1.29, 1.82) is 0 Å². The number of furan rings is 1. The van der Waals surface area contributed by atoms with E-state index in [9.17, 15) is 8.78 Å². The van der Waals surface area contributed by atoms with E-state index in [1.54, 1.807) is 18.4 Å². The van der Waals surface area contributed by atoms with Crippen LogP contribution in [0.1, 0.15) is 12.7 Å². The molecule has 0 amide bonds. The highest BCUT2D eigenvalue weighted by Crippen LogP contribution is 2.26. The van der Waals surface area contributed by atoms with E-state index in [4.69, 9.17) is 4.42 Å². The third kappa shape index (κ3) is 3.01. The van der Waals surface area contributed by atoms with Crippen LogP contribution in [0.25, 0.3) is 0 Å². The molecule has 0 atom stereocenters. The first-order valence-corrected chi connectivity index (χ1v) is 6.44. The van der Waals surface area contributed by atoms with E-state index in [1.807, 2.05) is 6.92 Å². The van der Waals surface area contributed by atoms with Gasteiger partial charge in [-0.15, -0.1) is 0 Å². The standard InChI is InChI=1S/C12H12F2N2OS/c1-2-15-11-9(13)6-10(14)12(16-11)18-7-8-4-3-5-17-8/h3-6H,2,7H2,1H3,(H,15,16). The van der Waals surface area contributed by atoms with Crippen LogP contribution >= 0.6 is 11.8 Å². The number of halogens is 2. The van der Waals surface area contributed by atoms with Crippen molar-refractivity contribution in [3.8, 4) is 0 Å². The normalized spacial score (nSPS) is 10.6. The number of thioether (sulfide) groups is 1. The summed E-state index contributed by atoms with van der Waals surface area (Å²) in [5.74, 6) is -0.104. The Balaban J connectivity index is 2.13. The van der Waals surface area contributed by atoms with Crippen LogP contribution in [-0.4, -0.2) is 11.5 Å². The number of nitrogens with one attached hydrogen (secondary N) is 1. The summed E-state index contributed by atoms with van der Waals surface area (Å²) in [5.41, 5.74) is 0. The van der Waals surface area contributed by atoms with Crippen molar-refractivity contribution < 1.29 is 13.2 Å². The number of hydrogen-bond acceptors (Lipinski definition) is 4. The molecule has 2 rings (SSSR count). The summed E-state index contributed by atoms with van der Waals surface area (Å²) in [6.07, 6.45) is 1.55. The monoisotopic (exact) mass is 270 g/mol. The van der Waals surface area contributed by atoms with Gasteiger partial charge in [0.05, 0.1) is 12.0 Å². The lowest BCUT2D eigenvalue weighted by molar-refractivity contribution is 0.529. The van der Waals surface area contributed by atoms with Gasteiger partial charge in [0.2, 0.25) is 0 Å². The molecule has 0 radical (unpaired) electrons. The molecule has 0 bridgehead atoms. The second kappa shape index (κ2) is 5.86. The fraction of sp³-hybridized carbons (Fsp3) is 0.250. The number of aromatic nitrogens is 1. The average Bonchev–Trinajstić information content (AvgIpc) is 2.84. The Morgan fingerprint density at radius 2 is 2.22 bits per heavy atom. The SMILES string of the molecule is CCNc1nc(SCc2ccco2)c(F)cc1F. The molecule has 96 valence electrons. The van der Waals surface area contributed by atoms with E-state index in [2.05, 4.69) is 10.3 Å². The molecule has 2 aromatic rings. The molecule has 0 aliphatic heterocycles. The van der Waals surface area contributed by atoms with Crippen LogP contribution in [0.5, 0.6) is 0 Å². The predicted molar refractivity (Wildman–Crippen MR) is 66.6 cm³/mol. The molecule has 0 fully saturated rings. The highest BCUT2D eigenvalue weighted by Gasteiger charge is 2.12. The molecule has 0 unspecified atom stereocenters. The molecule has 2 heterocycles. The van der Waals surface area contributed by atoms with Crippen molar-refractivity contribution in [2.75, 3.05) is 11.9 Å². The highest BCUT2D eigenvalue weighted by molar-refractivity contribution is 7.98. The van der Waals surface area contributed by atoms with E-state index >= 15 is 0 Å². The van der Waals surface area contributed by atoms with Gasteiger partial charge >= 0.3 is 0 Å². The molecular formula is C12H12F2N2OS. The molecule has 3 nitrogen and oxygen atoms in total. The van der Waals surface area contributed by atoms with Crippen molar-refractivity contribution in [1.82, 2.24) is 4.98 Å². The summed E-state index contributed by atoms with van der Waals surface area (Å²) >= 11 is 1.17. The van der Waals surface area contributed by atoms with Crippen molar-refractivity contribution in [2.45, 2.75) is 17.7 Å². The zero-order chi connectivity index (χ0) is 13.0. The van der Waals surface area contributed by atoms with Gasteiger partial charge in [0.25, 0.3) is 0 Å². The van der Waals surface area contributed by atoms with Gasteiger partial charge in [0.15, 0.2) is 17.5 Å². The first-order valence-electron chi connectivity index (χ1n) is 5.45. The first kappa shape index (κ1) is 12.9. The molecule has 0 spiro atoms. The van der Waals surface area contributed by atoms with Crippen molar-refractivity contribution >= 4 is 17.6 Å². The van der Waals surface area contributed by atoms with Gasteiger partial charge in [-0.3, -0.25) is 0 Å². The van der Waals surface area contributed by atoms with Gasteiger partial charge in [-0.1, -0.05) is 11.8 Å². The van der Waals surface area contributed by atoms with E-state index in [1.165, 1.54) is 11.8 Å². The molecule has 0 saturated heterocycles. The number of pyridine rings is 1. The van der Waals surface area contributed by atoms with Crippen molar-refractivity contribution in [3.63, 3.8) is 0 Å². The Morgan fingerprint density at radius 1 is 1.39 bits per heavy atom. The van der Waals surface area contributed by atoms with Crippen LogP contribution in [0.15, 0.2) is 33.9 Å². The lowest BCUT2D eigenvalue weighted by Gasteiger charge is -2.07. The van der Waals surface area contributed by atoms with Gasteiger partial charge in [-0.05, 0) is 19.1 Å².